The van der Waals surface area contributed by atoms with Gasteiger partial charge >= 0.3 is 6.18 Å². The Morgan fingerprint density at radius 3 is 2.52 bits per heavy atom. The molecule has 1 saturated carbocycles. The van der Waals surface area contributed by atoms with Crippen LogP contribution in [0.3, 0.4) is 0 Å². The molecule has 1 aliphatic rings. The van der Waals surface area contributed by atoms with Crippen molar-refractivity contribution in [2.75, 3.05) is 5.32 Å². The fourth-order valence-corrected chi connectivity index (χ4v) is 3.46. The molecule has 0 spiro atoms. The summed E-state index contributed by atoms with van der Waals surface area (Å²) in [6.45, 7) is 5.17. The molecule has 0 radical (unpaired) electrons. The number of hydrogen-bond donors (Lipinski definition) is 1. The van der Waals surface area contributed by atoms with Crippen LogP contribution in [0.15, 0.2) is 12.1 Å². The fourth-order valence-electron chi connectivity index (χ4n) is 3.46. The summed E-state index contributed by atoms with van der Waals surface area (Å²) in [6, 6.07) is 3.10. The monoisotopic (exact) mass is 383 g/mol. The maximum absolute atomic E-state index is 12.8. The topological polar surface area (TPSA) is 64.7 Å². The minimum absolute atomic E-state index is 0.0737. The Kier molecular flexibility index (Phi) is 5.30. The molecular formula is C18H24F3N5O. The van der Waals surface area contributed by atoms with Gasteiger partial charge in [0.15, 0.2) is 5.69 Å². The zero-order valence-corrected chi connectivity index (χ0v) is 15.7. The van der Waals surface area contributed by atoms with Crippen molar-refractivity contribution in [2.45, 2.75) is 65.2 Å². The first-order valence-corrected chi connectivity index (χ1v) is 9.14. The standard InChI is InChI=1S/C18H24F3N5O/c1-11(10-25-13(3)9-15(24-25)18(19,20)21)17(27)22-16-8-12(2)23-26(16)14-6-4-5-7-14/h8-9,11,14H,4-7,10H2,1-3H3,(H,22,27). The first-order valence-electron chi connectivity index (χ1n) is 9.14. The third-order valence-electron chi connectivity index (χ3n) is 4.95. The molecular weight excluding hydrogens is 359 g/mol. The Labute approximate surface area is 155 Å². The van der Waals surface area contributed by atoms with Crippen molar-refractivity contribution in [1.29, 1.82) is 0 Å². The molecule has 0 aliphatic heterocycles. The lowest BCUT2D eigenvalue weighted by molar-refractivity contribution is -0.141. The van der Waals surface area contributed by atoms with Crippen LogP contribution in [0.2, 0.25) is 0 Å². The lowest BCUT2D eigenvalue weighted by atomic mass is 10.1. The van der Waals surface area contributed by atoms with E-state index in [0.717, 1.165) is 37.4 Å². The molecule has 2 aromatic rings. The Balaban J connectivity index is 1.69. The number of rotatable bonds is 5. The zero-order chi connectivity index (χ0) is 19.8. The highest BCUT2D eigenvalue weighted by Crippen LogP contribution is 2.32. The average Bonchev–Trinajstić information content (AvgIpc) is 3.28. The van der Waals surface area contributed by atoms with Crippen LogP contribution in [0.4, 0.5) is 19.0 Å². The van der Waals surface area contributed by atoms with E-state index < -0.39 is 17.8 Å². The van der Waals surface area contributed by atoms with Gasteiger partial charge in [-0.1, -0.05) is 19.8 Å². The molecule has 1 N–H and O–H groups in total. The molecule has 1 fully saturated rings. The number of halogens is 3. The maximum Gasteiger partial charge on any atom is 0.435 e. The normalized spacial score (nSPS) is 16.7. The summed E-state index contributed by atoms with van der Waals surface area (Å²) in [5.41, 5.74) is 0.249. The van der Waals surface area contributed by atoms with Gasteiger partial charge in [0.25, 0.3) is 0 Å². The zero-order valence-electron chi connectivity index (χ0n) is 15.7. The molecule has 2 aromatic heterocycles. The SMILES string of the molecule is Cc1cc(NC(=O)C(C)Cn2nc(C(F)(F)F)cc2C)n(C2CCCC2)n1. The molecule has 6 nitrogen and oxygen atoms in total. The highest BCUT2D eigenvalue weighted by molar-refractivity contribution is 5.91. The van der Waals surface area contributed by atoms with E-state index in [1.165, 1.54) is 4.68 Å². The number of alkyl halides is 3. The minimum atomic E-state index is -4.49. The Morgan fingerprint density at radius 1 is 1.26 bits per heavy atom. The van der Waals surface area contributed by atoms with E-state index in [1.807, 2.05) is 17.7 Å². The van der Waals surface area contributed by atoms with Gasteiger partial charge in [-0.25, -0.2) is 4.68 Å². The fraction of sp³-hybridized carbons (Fsp3) is 0.611. The van der Waals surface area contributed by atoms with Crippen molar-refractivity contribution < 1.29 is 18.0 Å². The quantitative estimate of drug-likeness (QED) is 0.845. The van der Waals surface area contributed by atoms with E-state index in [2.05, 4.69) is 15.5 Å². The molecule has 9 heteroatoms. The van der Waals surface area contributed by atoms with Gasteiger partial charge in [0, 0.05) is 11.8 Å². The Hall–Kier alpha value is -2.32. The van der Waals surface area contributed by atoms with E-state index in [1.54, 1.807) is 13.8 Å². The van der Waals surface area contributed by atoms with Crippen LogP contribution in [0, 0.1) is 19.8 Å². The molecule has 0 saturated heterocycles. The first kappa shape index (κ1) is 19.4. The number of amides is 1. The molecule has 3 rings (SSSR count). The van der Waals surface area contributed by atoms with E-state index in [0.29, 0.717) is 11.5 Å². The lowest BCUT2D eigenvalue weighted by Gasteiger charge is -2.17. The minimum Gasteiger partial charge on any atom is -0.311 e. The third kappa shape index (κ3) is 4.33. The number of carbonyl (C=O) groups excluding carboxylic acids is 1. The van der Waals surface area contributed by atoms with Crippen LogP contribution in [0.1, 0.15) is 55.7 Å². The maximum atomic E-state index is 12.8. The summed E-state index contributed by atoms with van der Waals surface area (Å²) >= 11 is 0. The van der Waals surface area contributed by atoms with Gasteiger partial charge in [-0.3, -0.25) is 9.48 Å². The number of hydrogen-bond acceptors (Lipinski definition) is 3. The summed E-state index contributed by atoms with van der Waals surface area (Å²) in [5, 5.41) is 11.0. The van der Waals surface area contributed by atoms with E-state index in [4.69, 9.17) is 0 Å². The van der Waals surface area contributed by atoms with Gasteiger partial charge < -0.3 is 5.32 Å². The molecule has 1 atom stereocenters. The largest absolute Gasteiger partial charge is 0.435 e. The highest BCUT2D eigenvalue weighted by atomic mass is 19.4. The van der Waals surface area contributed by atoms with E-state index >= 15 is 0 Å². The number of aryl methyl sites for hydroxylation is 2. The number of nitrogens with zero attached hydrogens (tertiary/aromatic N) is 4. The van der Waals surface area contributed by atoms with Crippen LogP contribution in [-0.2, 0) is 17.5 Å². The Morgan fingerprint density at radius 2 is 1.93 bits per heavy atom. The van der Waals surface area contributed by atoms with Crippen LogP contribution in [0.25, 0.3) is 0 Å². The summed E-state index contributed by atoms with van der Waals surface area (Å²) in [4.78, 5) is 12.6. The second kappa shape index (κ2) is 7.36. The molecule has 1 aliphatic carbocycles. The summed E-state index contributed by atoms with van der Waals surface area (Å²) in [5.74, 6) is -0.168. The van der Waals surface area contributed by atoms with Crippen LogP contribution >= 0.6 is 0 Å². The van der Waals surface area contributed by atoms with Crippen molar-refractivity contribution in [1.82, 2.24) is 19.6 Å². The second-order valence-electron chi connectivity index (χ2n) is 7.29. The second-order valence-corrected chi connectivity index (χ2v) is 7.29. The number of aromatic nitrogens is 4. The number of carbonyl (C=O) groups is 1. The van der Waals surface area contributed by atoms with Crippen molar-refractivity contribution in [2.24, 2.45) is 5.92 Å². The average molecular weight is 383 g/mol. The molecule has 1 amide bonds. The van der Waals surface area contributed by atoms with Crippen molar-refractivity contribution in [3.05, 3.63) is 29.2 Å². The first-order chi connectivity index (χ1) is 12.6. The predicted octanol–water partition coefficient (Wildman–Crippen LogP) is 4.11. The van der Waals surface area contributed by atoms with Crippen LogP contribution in [0.5, 0.6) is 0 Å². The molecule has 0 aromatic carbocycles. The van der Waals surface area contributed by atoms with Gasteiger partial charge in [-0.2, -0.15) is 23.4 Å². The smallest absolute Gasteiger partial charge is 0.311 e. The third-order valence-corrected chi connectivity index (χ3v) is 4.95. The van der Waals surface area contributed by atoms with Gasteiger partial charge in [0.1, 0.15) is 5.82 Å². The molecule has 0 bridgehead atoms. The van der Waals surface area contributed by atoms with Gasteiger partial charge in [-0.15, -0.1) is 0 Å². The summed E-state index contributed by atoms with van der Waals surface area (Å²) in [7, 11) is 0. The van der Waals surface area contributed by atoms with Crippen molar-refractivity contribution >= 4 is 11.7 Å². The lowest BCUT2D eigenvalue weighted by Crippen LogP contribution is -2.27. The molecule has 2 heterocycles. The molecule has 148 valence electrons. The predicted molar refractivity (Wildman–Crippen MR) is 94.2 cm³/mol. The van der Waals surface area contributed by atoms with Gasteiger partial charge in [0.05, 0.1) is 24.2 Å². The van der Waals surface area contributed by atoms with E-state index in [9.17, 15) is 18.0 Å². The highest BCUT2D eigenvalue weighted by Gasteiger charge is 2.34. The van der Waals surface area contributed by atoms with Gasteiger partial charge in [0.2, 0.25) is 5.91 Å². The van der Waals surface area contributed by atoms with Gasteiger partial charge in [-0.05, 0) is 32.8 Å². The Bertz CT molecular complexity index is 818. The number of nitrogens with one attached hydrogen (secondary N) is 1. The summed E-state index contributed by atoms with van der Waals surface area (Å²) < 4.78 is 41.5. The molecule has 27 heavy (non-hydrogen) atoms. The summed E-state index contributed by atoms with van der Waals surface area (Å²) in [6.07, 6.45) is -0.133. The van der Waals surface area contributed by atoms with Crippen molar-refractivity contribution in [3.8, 4) is 0 Å². The molecule has 1 unspecified atom stereocenters. The van der Waals surface area contributed by atoms with E-state index in [-0.39, 0.29) is 18.5 Å². The van der Waals surface area contributed by atoms with Crippen LogP contribution in [-0.4, -0.2) is 25.5 Å². The van der Waals surface area contributed by atoms with Crippen molar-refractivity contribution in [3.63, 3.8) is 0 Å². The van der Waals surface area contributed by atoms with Crippen LogP contribution < -0.4 is 5.32 Å². The number of anilines is 1.